The SMILES string of the molecule is O=S(=O)(Nc1nc2c(s1)CCCC2)c1cccc(C(F)(F)F)c1. The predicted octanol–water partition coefficient (Wildman–Crippen LogP) is 3.84. The Morgan fingerprint density at radius 3 is 2.61 bits per heavy atom. The Bertz CT molecular complexity index is 805. The van der Waals surface area contributed by atoms with Crippen LogP contribution in [0.4, 0.5) is 18.3 Å². The van der Waals surface area contributed by atoms with Gasteiger partial charge >= 0.3 is 6.18 Å². The van der Waals surface area contributed by atoms with Crippen molar-refractivity contribution in [3.8, 4) is 0 Å². The summed E-state index contributed by atoms with van der Waals surface area (Å²) in [5.41, 5.74) is -0.123. The number of hydrogen-bond acceptors (Lipinski definition) is 4. The summed E-state index contributed by atoms with van der Waals surface area (Å²) in [6.07, 6.45) is -0.882. The first kappa shape index (κ1) is 16.3. The molecule has 0 radical (unpaired) electrons. The summed E-state index contributed by atoms with van der Waals surface area (Å²) in [6, 6.07) is 3.66. The lowest BCUT2D eigenvalue weighted by molar-refractivity contribution is -0.137. The van der Waals surface area contributed by atoms with E-state index in [0.29, 0.717) is 6.07 Å². The fourth-order valence-corrected chi connectivity index (χ4v) is 4.74. The summed E-state index contributed by atoms with van der Waals surface area (Å²) in [5.74, 6) is 0. The van der Waals surface area contributed by atoms with E-state index in [-0.39, 0.29) is 5.13 Å². The zero-order valence-corrected chi connectivity index (χ0v) is 13.5. The molecule has 0 saturated carbocycles. The van der Waals surface area contributed by atoms with Crippen LogP contribution in [0.25, 0.3) is 0 Å². The smallest absolute Gasteiger partial charge is 0.255 e. The molecule has 4 nitrogen and oxygen atoms in total. The molecule has 0 atom stereocenters. The molecule has 124 valence electrons. The van der Waals surface area contributed by atoms with Gasteiger partial charge in [0.15, 0.2) is 5.13 Å². The maximum atomic E-state index is 12.7. The third-order valence-corrected chi connectivity index (χ3v) is 6.08. The maximum Gasteiger partial charge on any atom is 0.416 e. The lowest BCUT2D eigenvalue weighted by Crippen LogP contribution is -2.14. The fourth-order valence-electron chi connectivity index (χ4n) is 2.41. The van der Waals surface area contributed by atoms with Crippen LogP contribution in [0.2, 0.25) is 0 Å². The minimum atomic E-state index is -4.59. The monoisotopic (exact) mass is 362 g/mol. The number of halogens is 3. The lowest BCUT2D eigenvalue weighted by Gasteiger charge is -2.09. The molecular formula is C14H13F3N2O2S2. The standard InChI is InChI=1S/C14H13F3N2O2S2/c15-14(16,17)9-4-3-5-10(8-9)23(20,21)19-13-18-11-6-1-2-7-12(11)22-13/h3-5,8H,1-2,6-7H2,(H,18,19). The highest BCUT2D eigenvalue weighted by molar-refractivity contribution is 7.93. The third kappa shape index (κ3) is 3.50. The van der Waals surface area contributed by atoms with Gasteiger partial charge in [0.05, 0.1) is 16.2 Å². The van der Waals surface area contributed by atoms with Crippen molar-refractivity contribution < 1.29 is 21.6 Å². The fraction of sp³-hybridized carbons (Fsp3) is 0.357. The predicted molar refractivity (Wildman–Crippen MR) is 81.0 cm³/mol. The highest BCUT2D eigenvalue weighted by Gasteiger charge is 2.32. The molecule has 0 aliphatic heterocycles. The molecule has 9 heteroatoms. The van der Waals surface area contributed by atoms with Crippen LogP contribution in [0.1, 0.15) is 29.0 Å². The van der Waals surface area contributed by atoms with E-state index in [4.69, 9.17) is 0 Å². The largest absolute Gasteiger partial charge is 0.416 e. The van der Waals surface area contributed by atoms with Crippen molar-refractivity contribution in [1.82, 2.24) is 4.98 Å². The van der Waals surface area contributed by atoms with Crippen LogP contribution >= 0.6 is 11.3 Å². The van der Waals surface area contributed by atoms with E-state index in [2.05, 4.69) is 9.71 Å². The molecule has 0 saturated heterocycles. The van der Waals surface area contributed by atoms with Gasteiger partial charge < -0.3 is 0 Å². The Hall–Kier alpha value is -1.61. The topological polar surface area (TPSA) is 59.1 Å². The van der Waals surface area contributed by atoms with Gasteiger partial charge in [-0.3, -0.25) is 4.72 Å². The van der Waals surface area contributed by atoms with E-state index in [1.807, 2.05) is 0 Å². The van der Waals surface area contributed by atoms with Crippen LogP contribution < -0.4 is 4.72 Å². The van der Waals surface area contributed by atoms with E-state index in [9.17, 15) is 21.6 Å². The molecule has 0 bridgehead atoms. The summed E-state index contributed by atoms with van der Waals surface area (Å²) < 4.78 is 65.0. The van der Waals surface area contributed by atoms with Gasteiger partial charge in [0.1, 0.15) is 0 Å². The van der Waals surface area contributed by atoms with E-state index in [1.165, 1.54) is 11.3 Å². The Morgan fingerprint density at radius 1 is 1.17 bits per heavy atom. The second-order valence-electron chi connectivity index (χ2n) is 5.23. The number of thiazole rings is 1. The normalized spacial score (nSPS) is 15.3. The first-order valence-corrected chi connectivity index (χ1v) is 9.24. The summed E-state index contributed by atoms with van der Waals surface area (Å²) in [5, 5.41) is 0.203. The highest BCUT2D eigenvalue weighted by atomic mass is 32.2. The van der Waals surface area contributed by atoms with Crippen molar-refractivity contribution in [1.29, 1.82) is 0 Å². The number of anilines is 1. The minimum absolute atomic E-state index is 0.203. The Morgan fingerprint density at radius 2 is 1.91 bits per heavy atom. The van der Waals surface area contributed by atoms with Crippen molar-refractivity contribution in [2.24, 2.45) is 0 Å². The Kier molecular flexibility index (Phi) is 4.09. The summed E-state index contributed by atoms with van der Waals surface area (Å²) in [7, 11) is -4.10. The van der Waals surface area contributed by atoms with E-state index >= 15 is 0 Å². The van der Waals surface area contributed by atoms with Gasteiger partial charge in [-0.2, -0.15) is 13.2 Å². The van der Waals surface area contributed by atoms with Gasteiger partial charge in [0.25, 0.3) is 10.0 Å². The maximum absolute atomic E-state index is 12.7. The molecule has 2 aromatic rings. The van der Waals surface area contributed by atoms with Crippen molar-refractivity contribution in [2.45, 2.75) is 36.8 Å². The first-order chi connectivity index (χ1) is 10.8. The number of aromatic nitrogens is 1. The lowest BCUT2D eigenvalue weighted by atomic mass is 10.0. The zero-order valence-electron chi connectivity index (χ0n) is 11.9. The number of sulfonamides is 1. The summed E-state index contributed by atoms with van der Waals surface area (Å²) in [4.78, 5) is 4.85. The minimum Gasteiger partial charge on any atom is -0.255 e. The van der Waals surface area contributed by atoms with Crippen molar-refractivity contribution >= 4 is 26.5 Å². The number of aryl methyl sites for hydroxylation is 2. The molecule has 0 unspecified atom stereocenters. The van der Waals surface area contributed by atoms with Gasteiger partial charge in [0, 0.05) is 4.88 Å². The van der Waals surface area contributed by atoms with E-state index in [0.717, 1.165) is 54.5 Å². The molecule has 1 aliphatic rings. The van der Waals surface area contributed by atoms with Crippen molar-refractivity contribution in [3.63, 3.8) is 0 Å². The van der Waals surface area contributed by atoms with Crippen LogP contribution in [0.15, 0.2) is 29.2 Å². The molecule has 1 heterocycles. The van der Waals surface area contributed by atoms with Gasteiger partial charge in [0.2, 0.25) is 0 Å². The Balaban J connectivity index is 1.88. The van der Waals surface area contributed by atoms with Gasteiger partial charge in [-0.25, -0.2) is 13.4 Å². The number of fused-ring (bicyclic) bond motifs is 1. The quantitative estimate of drug-likeness (QED) is 0.902. The van der Waals surface area contributed by atoms with E-state index in [1.54, 1.807) is 0 Å². The molecule has 0 fully saturated rings. The first-order valence-electron chi connectivity index (χ1n) is 6.94. The van der Waals surface area contributed by atoms with Crippen LogP contribution in [0.5, 0.6) is 0 Å². The summed E-state index contributed by atoms with van der Waals surface area (Å²) in [6.45, 7) is 0. The third-order valence-electron chi connectivity index (χ3n) is 3.54. The molecule has 0 amide bonds. The van der Waals surface area contributed by atoms with Crippen molar-refractivity contribution in [3.05, 3.63) is 40.4 Å². The Labute approximate surface area is 135 Å². The van der Waals surface area contributed by atoms with Crippen LogP contribution in [-0.4, -0.2) is 13.4 Å². The second-order valence-corrected chi connectivity index (χ2v) is 7.99. The van der Waals surface area contributed by atoms with Gasteiger partial charge in [-0.1, -0.05) is 6.07 Å². The average Bonchev–Trinajstić information content (AvgIpc) is 2.88. The van der Waals surface area contributed by atoms with Crippen LogP contribution in [-0.2, 0) is 29.0 Å². The molecule has 1 aromatic heterocycles. The van der Waals surface area contributed by atoms with Crippen LogP contribution in [0, 0.1) is 0 Å². The molecule has 1 aliphatic carbocycles. The number of rotatable bonds is 3. The highest BCUT2D eigenvalue weighted by Crippen LogP contribution is 2.33. The molecule has 1 N–H and O–H groups in total. The number of nitrogens with one attached hydrogen (secondary N) is 1. The number of nitrogens with zero attached hydrogens (tertiary/aromatic N) is 1. The molecular weight excluding hydrogens is 349 g/mol. The summed E-state index contributed by atoms with van der Waals surface area (Å²) >= 11 is 1.24. The van der Waals surface area contributed by atoms with Crippen LogP contribution in [0.3, 0.4) is 0 Å². The molecule has 1 aromatic carbocycles. The van der Waals surface area contributed by atoms with Gasteiger partial charge in [-0.05, 0) is 43.9 Å². The van der Waals surface area contributed by atoms with E-state index < -0.39 is 26.7 Å². The van der Waals surface area contributed by atoms with Crippen molar-refractivity contribution in [2.75, 3.05) is 4.72 Å². The van der Waals surface area contributed by atoms with Gasteiger partial charge in [-0.15, -0.1) is 11.3 Å². The average molecular weight is 362 g/mol. The molecule has 0 spiro atoms. The second kappa shape index (κ2) is 5.79. The number of alkyl halides is 3. The molecule has 23 heavy (non-hydrogen) atoms. The number of benzene rings is 1. The zero-order chi connectivity index (χ0) is 16.7. The molecule has 3 rings (SSSR count). The number of hydrogen-bond donors (Lipinski definition) is 1.